The first-order valence-corrected chi connectivity index (χ1v) is 36.8. The molecule has 6 unspecified atom stereocenters. The van der Waals surface area contributed by atoms with Gasteiger partial charge in [0, 0.05) is 63.2 Å². The van der Waals surface area contributed by atoms with Gasteiger partial charge in [-0.15, -0.1) is 0 Å². The smallest absolute Gasteiger partial charge is 0.344 e. The number of hydrogen-bond donors (Lipinski definition) is 1. The lowest BCUT2D eigenvalue weighted by Crippen LogP contribution is -2.38. The molecule has 35 nitrogen and oxygen atoms in total. The first kappa shape index (κ1) is 98.2. The van der Waals surface area contributed by atoms with Crippen LogP contribution in [-0.2, 0) is 142 Å². The first-order valence-electron chi connectivity index (χ1n) is 36.8. The Bertz CT molecular complexity index is 3200. The third kappa shape index (κ3) is 47.7. The van der Waals surface area contributed by atoms with Gasteiger partial charge in [-0.05, 0) is 48.5 Å². The predicted octanol–water partition coefficient (Wildman–Crippen LogP) is 3.15. The molecule has 114 heavy (non-hydrogen) atoms. The molecule has 0 saturated heterocycles. The van der Waals surface area contributed by atoms with Gasteiger partial charge in [-0.3, -0.25) is 9.59 Å². The maximum Gasteiger partial charge on any atom is 0.344 e. The molecule has 4 rings (SSSR count). The number of esters is 6. The van der Waals surface area contributed by atoms with Crippen LogP contribution in [0.15, 0.2) is 109 Å². The van der Waals surface area contributed by atoms with E-state index in [1.165, 1.54) is 59.8 Å². The van der Waals surface area contributed by atoms with Gasteiger partial charge in [0.15, 0.2) is 37.0 Å². The zero-order chi connectivity index (χ0) is 82.3. The summed E-state index contributed by atoms with van der Waals surface area (Å²) in [6.45, 7) is -1.41. The van der Waals surface area contributed by atoms with Crippen molar-refractivity contribution in [1.82, 2.24) is 0 Å². The topological polar surface area (TPSA) is 397 Å². The molecule has 0 bridgehead atoms. The lowest BCUT2D eigenvalue weighted by atomic mass is 9.94. The minimum Gasteiger partial charge on any atom is -0.482 e. The standard InChI is InChI=1S/C79H112O35/c1-79(57-93-6,59-106-48-68(112-74(84)53-100-39-35-96-31-27-91-4)45-104-47-70(49-109-71(81)51-98-37-33-94-29-25-89-2)114-76(86)56-108-66-23-19-63(20-24-66)78(88)61-15-11-8-12-16-61)58-105-42-64(80)41-102-43-67(111-73(83)52-99-38-34-95-30-26-90-3)44-103-46-69(113-75(85)54-101-40-36-97-32-28-92-5)50-110-72(82)55-107-65-21-17-62(18-22-65)77(87)60-13-9-7-10-14-60/h7-24,64,67-70,80H,25-59H2,1-6H3. The number of rotatable bonds is 72. The molecule has 6 atom stereocenters. The van der Waals surface area contributed by atoms with Crippen molar-refractivity contribution in [1.29, 1.82) is 0 Å². The summed E-state index contributed by atoms with van der Waals surface area (Å²) in [5.41, 5.74) is 0.897. The highest BCUT2D eigenvalue weighted by atomic mass is 16.7. The van der Waals surface area contributed by atoms with E-state index in [0.29, 0.717) is 75.1 Å². The van der Waals surface area contributed by atoms with Crippen molar-refractivity contribution in [3.63, 3.8) is 0 Å². The van der Waals surface area contributed by atoms with Gasteiger partial charge in [0.1, 0.15) is 69.5 Å². The van der Waals surface area contributed by atoms with Crippen LogP contribution in [0.4, 0.5) is 0 Å². The first-order chi connectivity index (χ1) is 55.5. The summed E-state index contributed by atoms with van der Waals surface area (Å²) in [6, 6.07) is 29.7. The van der Waals surface area contributed by atoms with Crippen molar-refractivity contribution in [2.75, 3.05) is 267 Å². The molecule has 0 aromatic heterocycles. The number of benzene rings is 4. The lowest BCUT2D eigenvalue weighted by molar-refractivity contribution is -0.171. The SMILES string of the molecule is COCCOCCOCC(=O)OCC(COCC(COCC(C)(COC)COCC(O)COCC(COCC(COC(=O)COc1ccc(C(=O)c2ccccc2)cc1)OC(=O)COCCOCCOC)OC(=O)COCCOCCOC)OC(=O)COCCOCCOC)OC(=O)COc1ccc(C(=O)c2ccccc2)cc1. The van der Waals surface area contributed by atoms with Crippen LogP contribution < -0.4 is 9.47 Å². The van der Waals surface area contributed by atoms with Gasteiger partial charge in [0.25, 0.3) is 0 Å². The molecule has 0 amide bonds. The van der Waals surface area contributed by atoms with E-state index in [0.717, 1.165) is 0 Å². The number of carbonyl (C=O) groups is 8. The van der Waals surface area contributed by atoms with Gasteiger partial charge in [0.2, 0.25) is 0 Å². The van der Waals surface area contributed by atoms with Crippen LogP contribution in [0, 0.1) is 5.41 Å². The lowest BCUT2D eigenvalue weighted by Gasteiger charge is -2.29. The van der Waals surface area contributed by atoms with E-state index in [9.17, 15) is 43.5 Å². The number of aliphatic hydroxyl groups excluding tert-OH is 1. The van der Waals surface area contributed by atoms with E-state index in [1.54, 1.807) is 91.9 Å². The summed E-state index contributed by atoms with van der Waals surface area (Å²) in [5.74, 6) is -4.81. The second-order valence-corrected chi connectivity index (χ2v) is 25.0. The molecule has 638 valence electrons. The van der Waals surface area contributed by atoms with Crippen LogP contribution in [0.2, 0.25) is 0 Å². The second kappa shape index (κ2) is 63.1. The van der Waals surface area contributed by atoms with Gasteiger partial charge in [-0.1, -0.05) is 67.6 Å². The monoisotopic (exact) mass is 1620 g/mol. The van der Waals surface area contributed by atoms with Crippen molar-refractivity contribution < 1.29 is 167 Å². The van der Waals surface area contributed by atoms with Gasteiger partial charge < -0.3 is 128 Å². The molecule has 0 heterocycles. The van der Waals surface area contributed by atoms with E-state index in [-0.39, 0.29) is 135 Å². The summed E-state index contributed by atoms with van der Waals surface area (Å²) in [6.07, 6.45) is -5.97. The van der Waals surface area contributed by atoms with E-state index < -0.39 is 138 Å². The fourth-order valence-electron chi connectivity index (χ4n) is 9.47. The molecule has 0 aliphatic carbocycles. The van der Waals surface area contributed by atoms with E-state index >= 15 is 0 Å². The Labute approximate surface area is 664 Å². The minimum atomic E-state index is -1.25. The Kier molecular flexibility index (Phi) is 54.4. The molecule has 35 heteroatoms. The fourth-order valence-corrected chi connectivity index (χ4v) is 9.47. The highest BCUT2D eigenvalue weighted by Gasteiger charge is 2.29. The van der Waals surface area contributed by atoms with E-state index in [1.807, 2.05) is 0 Å². The van der Waals surface area contributed by atoms with Crippen LogP contribution in [0.3, 0.4) is 0 Å². The Morgan fingerprint density at radius 2 is 0.553 bits per heavy atom. The van der Waals surface area contributed by atoms with Crippen LogP contribution in [-0.4, -0.2) is 350 Å². The predicted molar refractivity (Wildman–Crippen MR) is 399 cm³/mol. The quantitative estimate of drug-likeness (QED) is 0.0287. The van der Waals surface area contributed by atoms with Crippen molar-refractivity contribution in [2.45, 2.75) is 37.4 Å². The highest BCUT2D eigenvalue weighted by molar-refractivity contribution is 6.09. The third-order valence-electron chi connectivity index (χ3n) is 15.0. The summed E-state index contributed by atoms with van der Waals surface area (Å²) in [4.78, 5) is 104. The maximum absolute atomic E-state index is 13.3. The number of carbonyl (C=O) groups excluding carboxylic acids is 8. The van der Waals surface area contributed by atoms with Crippen molar-refractivity contribution >= 4 is 47.4 Å². The number of aliphatic hydroxyl groups is 1. The normalized spacial score (nSPS) is 13.1. The maximum atomic E-state index is 13.3. The van der Waals surface area contributed by atoms with E-state index in [2.05, 4.69) is 0 Å². The van der Waals surface area contributed by atoms with Crippen molar-refractivity contribution in [2.24, 2.45) is 5.41 Å². The minimum absolute atomic E-state index is 0.0473. The molecule has 0 spiro atoms. The highest BCUT2D eigenvalue weighted by Crippen LogP contribution is 2.21. The van der Waals surface area contributed by atoms with Crippen LogP contribution >= 0.6 is 0 Å². The molecule has 4 aromatic rings. The number of ether oxygens (including phenoxy) is 26. The molecular weight excluding hydrogens is 1510 g/mol. The Balaban J connectivity index is 1.38. The zero-order valence-corrected chi connectivity index (χ0v) is 65.9. The van der Waals surface area contributed by atoms with Crippen LogP contribution in [0.1, 0.15) is 38.8 Å². The summed E-state index contributed by atoms with van der Waals surface area (Å²) >= 11 is 0. The van der Waals surface area contributed by atoms with Gasteiger partial charge in [0.05, 0.1) is 178 Å². The molecular formula is C79H112O35. The molecule has 0 saturated carbocycles. The fraction of sp³-hybridized carbons (Fsp3) is 0.595. The van der Waals surface area contributed by atoms with Crippen molar-refractivity contribution in [3.8, 4) is 11.5 Å². The number of methoxy groups -OCH3 is 5. The number of ketones is 2. The van der Waals surface area contributed by atoms with Gasteiger partial charge in [-0.2, -0.15) is 0 Å². The van der Waals surface area contributed by atoms with Gasteiger partial charge in [-0.25, -0.2) is 28.8 Å². The van der Waals surface area contributed by atoms with E-state index in [4.69, 9.17) is 123 Å². The Morgan fingerprint density at radius 1 is 0.281 bits per heavy atom. The average Bonchev–Trinajstić information content (AvgIpc) is 0.862. The van der Waals surface area contributed by atoms with Crippen LogP contribution in [0.5, 0.6) is 11.5 Å². The largest absolute Gasteiger partial charge is 0.482 e. The molecule has 0 aliphatic heterocycles. The third-order valence-corrected chi connectivity index (χ3v) is 15.0. The number of hydrogen-bond acceptors (Lipinski definition) is 35. The Morgan fingerprint density at radius 3 is 0.912 bits per heavy atom. The van der Waals surface area contributed by atoms with Crippen molar-refractivity contribution in [3.05, 3.63) is 131 Å². The average molecular weight is 1620 g/mol. The van der Waals surface area contributed by atoms with Gasteiger partial charge >= 0.3 is 35.8 Å². The molecule has 0 radical (unpaired) electrons. The summed E-state index contributed by atoms with van der Waals surface area (Å²) in [5, 5.41) is 11.1. The van der Waals surface area contributed by atoms with Crippen LogP contribution in [0.25, 0.3) is 0 Å². The Hall–Kier alpha value is -8.12. The second-order valence-electron chi connectivity index (χ2n) is 25.0. The summed E-state index contributed by atoms with van der Waals surface area (Å²) < 4.78 is 143. The molecule has 0 fully saturated rings. The molecule has 4 aromatic carbocycles. The molecule has 1 N–H and O–H groups in total. The molecule has 0 aliphatic rings. The summed E-state index contributed by atoms with van der Waals surface area (Å²) in [7, 11) is 7.59. The zero-order valence-electron chi connectivity index (χ0n) is 65.9.